The molecule has 0 saturated carbocycles. The van der Waals surface area contributed by atoms with Gasteiger partial charge in [0.2, 0.25) is 5.88 Å². The number of nitriles is 1. The lowest BCUT2D eigenvalue weighted by Gasteiger charge is -2.36. The summed E-state index contributed by atoms with van der Waals surface area (Å²) in [7, 11) is 2.14. The average Bonchev–Trinajstić information content (AvgIpc) is 3.35. The number of benzene rings is 2. The van der Waals surface area contributed by atoms with Gasteiger partial charge >= 0.3 is 0 Å². The summed E-state index contributed by atoms with van der Waals surface area (Å²) in [5.41, 5.74) is 3.90. The molecule has 2 saturated heterocycles. The van der Waals surface area contributed by atoms with Gasteiger partial charge < -0.3 is 24.8 Å². The van der Waals surface area contributed by atoms with Gasteiger partial charge in [0.1, 0.15) is 24.1 Å². The van der Waals surface area contributed by atoms with Crippen LogP contribution in [0.5, 0.6) is 5.88 Å². The second-order valence-corrected chi connectivity index (χ2v) is 10.7. The number of ether oxygens (including phenoxy) is 1. The van der Waals surface area contributed by atoms with E-state index in [0.717, 1.165) is 85.0 Å². The summed E-state index contributed by atoms with van der Waals surface area (Å²) in [5, 5.41) is 16.7. The van der Waals surface area contributed by atoms with Gasteiger partial charge in [0.25, 0.3) is 0 Å². The predicted molar refractivity (Wildman–Crippen MR) is 156 cm³/mol. The zero-order chi connectivity index (χ0) is 25.4. The van der Waals surface area contributed by atoms with Crippen LogP contribution in [0.2, 0.25) is 5.02 Å². The Morgan fingerprint density at radius 2 is 1.87 bits per heavy atom. The summed E-state index contributed by atoms with van der Waals surface area (Å²) in [6, 6.07) is 15.2. The fourth-order valence-electron chi connectivity index (χ4n) is 6.06. The number of nitrogens with one attached hydrogen (secondary N) is 1. The van der Waals surface area contributed by atoms with Crippen molar-refractivity contribution in [2.24, 2.45) is 0 Å². The molecule has 9 heteroatoms. The number of likely N-dealkylation sites (tertiary alicyclic amines) is 1. The Hall–Kier alpha value is -2.76. The van der Waals surface area contributed by atoms with Crippen LogP contribution in [0.25, 0.3) is 10.8 Å². The molecule has 0 radical (unpaired) electrons. The van der Waals surface area contributed by atoms with Crippen molar-refractivity contribution in [2.75, 3.05) is 62.7 Å². The fraction of sp³-hybridized carbons (Fsp3) is 0.448. The first kappa shape index (κ1) is 26.8. The van der Waals surface area contributed by atoms with E-state index in [1.54, 1.807) is 0 Å². The van der Waals surface area contributed by atoms with Crippen molar-refractivity contribution in [3.8, 4) is 11.9 Å². The highest BCUT2D eigenvalue weighted by atomic mass is 35.5. The fourth-order valence-corrected chi connectivity index (χ4v) is 6.34. The van der Waals surface area contributed by atoms with Crippen LogP contribution < -0.4 is 19.9 Å². The molecule has 7 nitrogen and oxygen atoms in total. The maximum atomic E-state index is 10.3. The van der Waals surface area contributed by atoms with Crippen molar-refractivity contribution in [3.63, 3.8) is 0 Å². The van der Waals surface area contributed by atoms with E-state index in [1.807, 2.05) is 12.1 Å². The van der Waals surface area contributed by atoms with E-state index in [9.17, 15) is 5.26 Å². The Kier molecular flexibility index (Phi) is 8.15. The van der Waals surface area contributed by atoms with Crippen molar-refractivity contribution in [2.45, 2.75) is 31.8 Å². The van der Waals surface area contributed by atoms with E-state index in [2.05, 4.69) is 57.4 Å². The number of fused-ring (bicyclic) bond motifs is 2. The Bertz CT molecular complexity index is 1350. The van der Waals surface area contributed by atoms with Crippen LogP contribution in [-0.2, 0) is 13.0 Å². The molecule has 2 fully saturated rings. The zero-order valence-corrected chi connectivity index (χ0v) is 23.3. The molecule has 4 heterocycles. The second kappa shape index (κ2) is 11.5. The quantitative estimate of drug-likeness (QED) is 0.495. The van der Waals surface area contributed by atoms with Crippen LogP contribution in [0.3, 0.4) is 0 Å². The number of nitrogens with zero attached hydrogens (tertiary/aromatic N) is 5. The van der Waals surface area contributed by atoms with E-state index < -0.39 is 0 Å². The third-order valence-electron chi connectivity index (χ3n) is 8.12. The maximum Gasteiger partial charge on any atom is 0.234 e. The molecule has 0 amide bonds. The van der Waals surface area contributed by atoms with Gasteiger partial charge in [-0.3, -0.25) is 0 Å². The average molecular weight is 554 g/mol. The Balaban J connectivity index is 0.00000294. The minimum atomic E-state index is 0. The topological polar surface area (TPSA) is 67.7 Å². The summed E-state index contributed by atoms with van der Waals surface area (Å²) >= 11 is 6.68. The highest BCUT2D eigenvalue weighted by Crippen LogP contribution is 2.39. The predicted octanol–water partition coefficient (Wildman–Crippen LogP) is 4.63. The summed E-state index contributed by atoms with van der Waals surface area (Å²) in [6.07, 6.45) is 3.12. The number of hydrogen-bond acceptors (Lipinski definition) is 7. The highest BCUT2D eigenvalue weighted by molar-refractivity contribution is 6.36. The molecule has 3 aromatic rings. The van der Waals surface area contributed by atoms with Crippen molar-refractivity contribution in [1.82, 2.24) is 15.2 Å². The third-order valence-corrected chi connectivity index (χ3v) is 8.44. The minimum Gasteiger partial charge on any atom is -0.475 e. The van der Waals surface area contributed by atoms with Gasteiger partial charge in [-0.1, -0.05) is 35.9 Å². The number of pyridine rings is 1. The molecule has 1 N–H and O–H groups in total. The summed E-state index contributed by atoms with van der Waals surface area (Å²) in [6.45, 7) is 6.78. The smallest absolute Gasteiger partial charge is 0.234 e. The van der Waals surface area contributed by atoms with Crippen molar-refractivity contribution < 1.29 is 4.74 Å². The maximum absolute atomic E-state index is 10.3. The minimum absolute atomic E-state index is 0. The Morgan fingerprint density at radius 3 is 2.61 bits per heavy atom. The summed E-state index contributed by atoms with van der Waals surface area (Å²) in [5.74, 6) is 1.47. The van der Waals surface area contributed by atoms with Crippen LogP contribution in [0.1, 0.15) is 29.5 Å². The first-order valence-corrected chi connectivity index (χ1v) is 13.7. The number of anilines is 2. The number of aromatic nitrogens is 1. The van der Waals surface area contributed by atoms with Crippen LogP contribution in [0.4, 0.5) is 11.5 Å². The van der Waals surface area contributed by atoms with E-state index in [-0.39, 0.29) is 12.4 Å². The van der Waals surface area contributed by atoms with E-state index in [1.165, 1.54) is 12.0 Å². The van der Waals surface area contributed by atoms with Crippen molar-refractivity contribution in [1.29, 1.82) is 5.26 Å². The normalized spacial score (nSPS) is 19.7. The van der Waals surface area contributed by atoms with E-state index in [4.69, 9.17) is 21.3 Å². The molecule has 1 unspecified atom stereocenters. The van der Waals surface area contributed by atoms with Crippen molar-refractivity contribution >= 4 is 46.3 Å². The van der Waals surface area contributed by atoms with Crippen LogP contribution in [-0.4, -0.2) is 68.8 Å². The molecule has 6 rings (SSSR count). The molecular weight excluding hydrogens is 519 g/mol. The number of likely N-dealkylation sites (N-methyl/N-ethyl adjacent to an activating group) is 1. The molecule has 3 aliphatic rings. The lowest BCUT2D eigenvalue weighted by atomic mass is 9.94. The molecule has 3 aliphatic heterocycles. The number of hydrogen-bond donors (Lipinski definition) is 1. The summed E-state index contributed by atoms with van der Waals surface area (Å²) in [4.78, 5) is 12.1. The molecule has 38 heavy (non-hydrogen) atoms. The lowest BCUT2D eigenvalue weighted by Crippen LogP contribution is -2.45. The van der Waals surface area contributed by atoms with Gasteiger partial charge in [-0.25, -0.2) is 0 Å². The van der Waals surface area contributed by atoms with Gasteiger partial charge in [-0.05, 0) is 50.4 Å². The van der Waals surface area contributed by atoms with Crippen molar-refractivity contribution in [3.05, 3.63) is 58.1 Å². The van der Waals surface area contributed by atoms with Gasteiger partial charge in [0.15, 0.2) is 0 Å². The Labute approximate surface area is 235 Å². The zero-order valence-electron chi connectivity index (χ0n) is 21.8. The molecular formula is C29H34Cl2N6O. The molecule has 1 atom stereocenters. The first-order valence-electron chi connectivity index (χ1n) is 13.3. The largest absolute Gasteiger partial charge is 0.475 e. The number of halogens is 2. The molecule has 0 aliphatic carbocycles. The van der Waals surface area contributed by atoms with E-state index in [0.29, 0.717) is 30.6 Å². The van der Waals surface area contributed by atoms with Gasteiger partial charge in [-0.15, -0.1) is 12.4 Å². The molecule has 1 aromatic heterocycles. The van der Waals surface area contributed by atoms with Gasteiger partial charge in [0, 0.05) is 67.5 Å². The number of rotatable bonds is 5. The SMILES string of the molecule is CN1CCCC1COc1nc(N2CCNCC2)c2c(c1C#N)CN(c1cccc3cccc(Cl)c13)CC2.Cl. The standard InChI is InChI=1S/C29H33ClN6O.ClH/c1-34-13-4-7-21(34)19-37-29-23(17-31)24-18-36(26-9-3-6-20-5-2-8-25(30)27(20)26)14-10-22(24)28(33-29)35-15-11-32-12-16-35;/h2-3,5-6,8-9,21,32H,4,7,10-16,18-19H2,1H3;1H. The van der Waals surface area contributed by atoms with Gasteiger partial charge in [-0.2, -0.15) is 10.2 Å². The van der Waals surface area contributed by atoms with Gasteiger partial charge in [0.05, 0.1) is 5.02 Å². The summed E-state index contributed by atoms with van der Waals surface area (Å²) < 4.78 is 6.35. The molecule has 0 bridgehead atoms. The van der Waals surface area contributed by atoms with E-state index >= 15 is 0 Å². The lowest BCUT2D eigenvalue weighted by molar-refractivity contribution is 0.193. The third kappa shape index (κ3) is 4.99. The molecule has 0 spiro atoms. The monoisotopic (exact) mass is 552 g/mol. The Morgan fingerprint density at radius 1 is 1.08 bits per heavy atom. The molecule has 200 valence electrons. The van der Waals surface area contributed by atoms with Crippen LogP contribution in [0.15, 0.2) is 36.4 Å². The second-order valence-electron chi connectivity index (χ2n) is 10.3. The highest BCUT2D eigenvalue weighted by Gasteiger charge is 2.31. The van der Waals surface area contributed by atoms with Crippen LogP contribution in [0, 0.1) is 11.3 Å². The van der Waals surface area contributed by atoms with Crippen LogP contribution >= 0.6 is 24.0 Å². The number of piperazine rings is 1. The first-order chi connectivity index (χ1) is 18.1. The molecule has 2 aromatic carbocycles.